The zero-order valence-electron chi connectivity index (χ0n) is 24.8. The Kier molecular flexibility index (Phi) is 9.39. The second kappa shape index (κ2) is 13.2. The van der Waals surface area contributed by atoms with Gasteiger partial charge in [0.2, 0.25) is 0 Å². The van der Waals surface area contributed by atoms with Gasteiger partial charge in [0.05, 0.1) is 7.11 Å². The number of phenols is 1. The molecule has 1 aliphatic heterocycles. The van der Waals surface area contributed by atoms with Crippen molar-refractivity contribution in [2.75, 3.05) is 45.2 Å². The number of halogens is 1. The summed E-state index contributed by atoms with van der Waals surface area (Å²) in [5, 5.41) is 13.5. The number of nitrogens with one attached hydrogen (secondary N) is 1. The molecule has 0 amide bonds. The predicted molar refractivity (Wildman–Crippen MR) is 164 cm³/mol. The highest BCUT2D eigenvalue weighted by atomic mass is 19.1. The van der Waals surface area contributed by atoms with Crippen LogP contribution in [-0.4, -0.2) is 49.9 Å². The number of methoxy groups -OCH3 is 1. The fraction of sp³-hybridized carbons (Fsp3) is 0.486. The molecule has 5 nitrogen and oxygen atoms in total. The molecule has 0 saturated carbocycles. The van der Waals surface area contributed by atoms with Crippen LogP contribution >= 0.6 is 0 Å². The van der Waals surface area contributed by atoms with Gasteiger partial charge in [0.25, 0.3) is 0 Å². The average Bonchev–Trinajstić information content (AvgIpc) is 2.95. The number of benzene rings is 3. The topological polar surface area (TPSA) is 54.0 Å². The van der Waals surface area contributed by atoms with Gasteiger partial charge in [0.1, 0.15) is 18.1 Å². The lowest BCUT2D eigenvalue weighted by molar-refractivity contribution is 0.101. The Balaban J connectivity index is 1.12. The highest BCUT2D eigenvalue weighted by Gasteiger charge is 2.26. The van der Waals surface area contributed by atoms with E-state index in [0.717, 1.165) is 75.3 Å². The van der Waals surface area contributed by atoms with Crippen LogP contribution in [0.1, 0.15) is 67.7 Å². The number of aryl methyl sites for hydroxylation is 2. The van der Waals surface area contributed by atoms with Gasteiger partial charge in [-0.25, -0.2) is 4.39 Å². The first-order chi connectivity index (χ1) is 19.8. The molecule has 0 unspecified atom stereocenters. The SMILES string of the molecule is COc1ccc([C@@H]2CCc3cc(O)ccc3C2)c(NCCCc2ccc(OCCN3CCCC(C)(C)C3)c(F)c2)c1. The molecule has 5 rings (SSSR count). The van der Waals surface area contributed by atoms with E-state index in [1.807, 2.05) is 18.2 Å². The predicted octanol–water partition coefficient (Wildman–Crippen LogP) is 7.36. The summed E-state index contributed by atoms with van der Waals surface area (Å²) in [7, 11) is 1.69. The summed E-state index contributed by atoms with van der Waals surface area (Å²) in [4.78, 5) is 2.43. The average molecular weight is 561 g/mol. The molecular weight excluding hydrogens is 515 g/mol. The van der Waals surface area contributed by atoms with Crippen LogP contribution in [0.2, 0.25) is 0 Å². The zero-order valence-corrected chi connectivity index (χ0v) is 24.8. The number of rotatable bonds is 11. The standard InChI is InChI=1S/C35H45FN2O3/c1-35(2)15-5-17-38(24-35)18-19-41-34-14-7-25(20-32(34)36)6-4-16-37-33-23-30(40-3)12-13-31(33)28-9-8-27-22-29(39)11-10-26(27)21-28/h7,10-14,20,22-23,28,37,39H,4-6,8-9,15-19,21,24H2,1-3H3/t28-/m1/s1. The van der Waals surface area contributed by atoms with E-state index < -0.39 is 0 Å². The molecule has 0 radical (unpaired) electrons. The quantitative estimate of drug-likeness (QED) is 0.240. The van der Waals surface area contributed by atoms with E-state index in [4.69, 9.17) is 9.47 Å². The molecule has 6 heteroatoms. The Morgan fingerprint density at radius 1 is 1.07 bits per heavy atom. The molecule has 3 aromatic rings. The van der Waals surface area contributed by atoms with Gasteiger partial charge in [0, 0.05) is 31.4 Å². The van der Waals surface area contributed by atoms with Gasteiger partial charge >= 0.3 is 0 Å². The first kappa shape index (κ1) is 29.2. The van der Waals surface area contributed by atoms with E-state index in [0.29, 0.717) is 29.4 Å². The van der Waals surface area contributed by atoms with Gasteiger partial charge < -0.3 is 19.9 Å². The van der Waals surface area contributed by atoms with Crippen LogP contribution in [0.15, 0.2) is 54.6 Å². The van der Waals surface area contributed by atoms with Crippen molar-refractivity contribution in [2.45, 2.75) is 64.7 Å². The Hall–Kier alpha value is -3.25. The number of phenolic OH excluding ortho intramolecular Hbond substituents is 1. The summed E-state index contributed by atoms with van der Waals surface area (Å²) >= 11 is 0. The van der Waals surface area contributed by atoms with Crippen LogP contribution in [0.3, 0.4) is 0 Å². The number of likely N-dealkylation sites (tertiary alicyclic amines) is 1. The minimum absolute atomic E-state index is 0.282. The highest BCUT2D eigenvalue weighted by molar-refractivity contribution is 5.57. The number of aromatic hydroxyl groups is 1. The van der Waals surface area contributed by atoms with Crippen molar-refractivity contribution in [3.05, 3.63) is 82.7 Å². The number of fused-ring (bicyclic) bond motifs is 1. The van der Waals surface area contributed by atoms with Crippen LogP contribution in [-0.2, 0) is 19.3 Å². The van der Waals surface area contributed by atoms with Crippen LogP contribution in [0.25, 0.3) is 0 Å². The van der Waals surface area contributed by atoms with Crippen LogP contribution < -0.4 is 14.8 Å². The molecule has 1 fully saturated rings. The van der Waals surface area contributed by atoms with Crippen LogP contribution in [0.4, 0.5) is 10.1 Å². The first-order valence-electron chi connectivity index (χ1n) is 15.2. The summed E-state index contributed by atoms with van der Waals surface area (Å²) in [5.74, 6) is 1.64. The van der Waals surface area contributed by atoms with Crippen molar-refractivity contribution in [3.8, 4) is 17.2 Å². The Labute approximate surface area is 244 Å². The van der Waals surface area contributed by atoms with Gasteiger partial charge in [-0.2, -0.15) is 0 Å². The van der Waals surface area contributed by atoms with E-state index in [9.17, 15) is 9.50 Å². The summed E-state index contributed by atoms with van der Waals surface area (Å²) < 4.78 is 26.1. The summed E-state index contributed by atoms with van der Waals surface area (Å²) in [6.07, 6.45) is 7.10. The number of anilines is 1. The smallest absolute Gasteiger partial charge is 0.165 e. The molecule has 1 atom stereocenters. The number of nitrogens with zero attached hydrogens (tertiary/aromatic N) is 1. The zero-order chi connectivity index (χ0) is 28.8. The fourth-order valence-electron chi connectivity index (χ4n) is 6.53. The number of hydrogen-bond acceptors (Lipinski definition) is 5. The lowest BCUT2D eigenvalue weighted by Crippen LogP contribution is -2.41. The highest BCUT2D eigenvalue weighted by Crippen LogP contribution is 2.38. The monoisotopic (exact) mass is 560 g/mol. The Morgan fingerprint density at radius 3 is 2.76 bits per heavy atom. The van der Waals surface area contributed by atoms with Gasteiger partial charge in [0.15, 0.2) is 11.6 Å². The molecule has 2 aliphatic rings. The van der Waals surface area contributed by atoms with Crippen molar-refractivity contribution in [1.29, 1.82) is 0 Å². The van der Waals surface area contributed by atoms with Crippen molar-refractivity contribution < 1.29 is 19.0 Å². The number of hydrogen-bond donors (Lipinski definition) is 2. The molecule has 1 heterocycles. The van der Waals surface area contributed by atoms with Crippen LogP contribution in [0, 0.1) is 11.2 Å². The molecule has 1 aliphatic carbocycles. The molecule has 2 N–H and O–H groups in total. The van der Waals surface area contributed by atoms with Crippen molar-refractivity contribution in [1.82, 2.24) is 4.90 Å². The second-order valence-corrected chi connectivity index (χ2v) is 12.5. The van der Waals surface area contributed by atoms with Gasteiger partial charge in [-0.1, -0.05) is 32.0 Å². The summed E-state index contributed by atoms with van der Waals surface area (Å²) in [6.45, 7) is 8.92. The van der Waals surface area contributed by atoms with Gasteiger partial charge in [-0.15, -0.1) is 0 Å². The molecule has 0 bridgehead atoms. The maximum atomic E-state index is 14.8. The van der Waals surface area contributed by atoms with E-state index in [1.165, 1.54) is 29.5 Å². The lowest BCUT2D eigenvalue weighted by Gasteiger charge is -2.37. The molecule has 0 spiro atoms. The first-order valence-corrected chi connectivity index (χ1v) is 15.2. The van der Waals surface area contributed by atoms with Gasteiger partial charge in [-0.05, 0) is 115 Å². The van der Waals surface area contributed by atoms with Crippen molar-refractivity contribution >= 4 is 5.69 Å². The molecule has 0 aromatic heterocycles. The number of piperidine rings is 1. The lowest BCUT2D eigenvalue weighted by atomic mass is 9.79. The third-order valence-electron chi connectivity index (χ3n) is 8.72. The summed E-state index contributed by atoms with van der Waals surface area (Å²) in [5.41, 5.74) is 6.29. The maximum absolute atomic E-state index is 14.8. The Morgan fingerprint density at radius 2 is 1.95 bits per heavy atom. The fourth-order valence-corrected chi connectivity index (χ4v) is 6.53. The number of ether oxygens (including phenoxy) is 2. The molecular formula is C35H45FN2O3. The van der Waals surface area contributed by atoms with Gasteiger partial charge in [-0.3, -0.25) is 4.90 Å². The van der Waals surface area contributed by atoms with E-state index >= 15 is 0 Å². The molecule has 41 heavy (non-hydrogen) atoms. The normalized spacial score (nSPS) is 18.5. The van der Waals surface area contributed by atoms with Crippen molar-refractivity contribution in [2.24, 2.45) is 5.41 Å². The Bertz CT molecular complexity index is 1320. The molecule has 1 saturated heterocycles. The third-order valence-corrected chi connectivity index (χ3v) is 8.72. The summed E-state index contributed by atoms with van der Waals surface area (Å²) in [6, 6.07) is 17.4. The van der Waals surface area contributed by atoms with E-state index in [2.05, 4.69) is 42.3 Å². The van der Waals surface area contributed by atoms with E-state index in [1.54, 1.807) is 25.3 Å². The molecule has 220 valence electrons. The minimum atomic E-state index is -0.282. The second-order valence-electron chi connectivity index (χ2n) is 12.5. The van der Waals surface area contributed by atoms with E-state index in [-0.39, 0.29) is 5.82 Å². The maximum Gasteiger partial charge on any atom is 0.165 e. The van der Waals surface area contributed by atoms with Crippen LogP contribution in [0.5, 0.6) is 17.2 Å². The molecule has 3 aromatic carbocycles. The third kappa shape index (κ3) is 7.73. The van der Waals surface area contributed by atoms with Crippen molar-refractivity contribution in [3.63, 3.8) is 0 Å². The minimum Gasteiger partial charge on any atom is -0.508 e. The largest absolute Gasteiger partial charge is 0.508 e.